The van der Waals surface area contributed by atoms with Crippen molar-refractivity contribution < 1.29 is 14.3 Å². The SMILES string of the molecule is CC(C)OC(=O)C1CCNCC1=O.Cl. The number of hydrogen-bond donors (Lipinski definition) is 1. The van der Waals surface area contributed by atoms with Crippen molar-refractivity contribution in [2.24, 2.45) is 5.92 Å². The van der Waals surface area contributed by atoms with E-state index in [1.54, 1.807) is 13.8 Å². The lowest BCUT2D eigenvalue weighted by Gasteiger charge is -2.20. The molecule has 1 saturated heterocycles. The molecule has 82 valence electrons. The first-order valence-electron chi connectivity index (χ1n) is 4.55. The molecule has 5 heteroatoms. The zero-order chi connectivity index (χ0) is 9.84. The highest BCUT2D eigenvalue weighted by molar-refractivity contribution is 6.00. The number of carbonyl (C=O) groups excluding carboxylic acids is 2. The van der Waals surface area contributed by atoms with Gasteiger partial charge in [0.25, 0.3) is 0 Å². The van der Waals surface area contributed by atoms with E-state index in [9.17, 15) is 9.59 Å². The van der Waals surface area contributed by atoms with E-state index in [0.29, 0.717) is 13.0 Å². The smallest absolute Gasteiger partial charge is 0.316 e. The Morgan fingerprint density at radius 1 is 1.57 bits per heavy atom. The Labute approximate surface area is 89.8 Å². The van der Waals surface area contributed by atoms with Gasteiger partial charge in [-0.05, 0) is 26.8 Å². The van der Waals surface area contributed by atoms with Crippen LogP contribution in [0.2, 0.25) is 0 Å². The van der Waals surface area contributed by atoms with Crippen LogP contribution >= 0.6 is 12.4 Å². The first-order chi connectivity index (χ1) is 6.11. The highest BCUT2D eigenvalue weighted by Crippen LogP contribution is 2.11. The summed E-state index contributed by atoms with van der Waals surface area (Å²) in [7, 11) is 0. The van der Waals surface area contributed by atoms with Gasteiger partial charge >= 0.3 is 5.97 Å². The van der Waals surface area contributed by atoms with Crippen molar-refractivity contribution in [1.82, 2.24) is 5.32 Å². The van der Waals surface area contributed by atoms with Crippen LogP contribution in [0.15, 0.2) is 0 Å². The van der Waals surface area contributed by atoms with Crippen molar-refractivity contribution in [3.63, 3.8) is 0 Å². The summed E-state index contributed by atoms with van der Waals surface area (Å²) >= 11 is 0. The number of carbonyl (C=O) groups is 2. The molecule has 0 saturated carbocycles. The molecule has 0 aromatic heterocycles. The van der Waals surface area contributed by atoms with Crippen LogP contribution in [0.5, 0.6) is 0 Å². The molecule has 14 heavy (non-hydrogen) atoms. The standard InChI is InChI=1S/C9H15NO3.ClH/c1-6(2)13-9(12)7-3-4-10-5-8(7)11;/h6-7,10H,3-5H2,1-2H3;1H. The maximum Gasteiger partial charge on any atom is 0.316 e. The number of hydrogen-bond acceptors (Lipinski definition) is 4. The highest BCUT2D eigenvalue weighted by atomic mass is 35.5. The molecule has 0 aromatic carbocycles. The van der Waals surface area contributed by atoms with Crippen LogP contribution in [-0.2, 0) is 14.3 Å². The summed E-state index contributed by atoms with van der Waals surface area (Å²) in [6.45, 7) is 4.56. The van der Waals surface area contributed by atoms with Gasteiger partial charge in [-0.15, -0.1) is 12.4 Å². The minimum Gasteiger partial charge on any atom is -0.462 e. The summed E-state index contributed by atoms with van der Waals surface area (Å²) in [5, 5.41) is 2.92. The molecule has 4 nitrogen and oxygen atoms in total. The number of ketones is 1. The highest BCUT2D eigenvalue weighted by Gasteiger charge is 2.30. The van der Waals surface area contributed by atoms with Crippen LogP contribution in [0.4, 0.5) is 0 Å². The second kappa shape index (κ2) is 5.98. The first-order valence-corrected chi connectivity index (χ1v) is 4.55. The minimum absolute atomic E-state index is 0. The summed E-state index contributed by atoms with van der Waals surface area (Å²) in [4.78, 5) is 22.6. The lowest BCUT2D eigenvalue weighted by Crippen LogP contribution is -2.41. The fraction of sp³-hybridized carbons (Fsp3) is 0.778. The van der Waals surface area contributed by atoms with E-state index in [1.165, 1.54) is 0 Å². The van der Waals surface area contributed by atoms with E-state index in [0.717, 1.165) is 0 Å². The predicted octanol–water partition coefficient (Wildman–Crippen LogP) is 0.538. The van der Waals surface area contributed by atoms with E-state index >= 15 is 0 Å². The van der Waals surface area contributed by atoms with Crippen LogP contribution in [0, 0.1) is 5.92 Å². The minimum atomic E-state index is -0.538. The molecule has 1 aliphatic rings. The third kappa shape index (κ3) is 3.64. The van der Waals surface area contributed by atoms with Gasteiger partial charge in [0, 0.05) is 0 Å². The third-order valence-corrected chi connectivity index (χ3v) is 1.93. The molecule has 1 rings (SSSR count). The molecule has 0 spiro atoms. The van der Waals surface area contributed by atoms with Crippen LogP contribution in [0.1, 0.15) is 20.3 Å². The molecule has 0 aliphatic carbocycles. The zero-order valence-electron chi connectivity index (χ0n) is 8.41. The Balaban J connectivity index is 0.00000169. The number of esters is 1. The second-order valence-corrected chi connectivity index (χ2v) is 3.47. The van der Waals surface area contributed by atoms with Gasteiger partial charge in [0.2, 0.25) is 0 Å². The largest absolute Gasteiger partial charge is 0.462 e. The van der Waals surface area contributed by atoms with Gasteiger partial charge in [-0.2, -0.15) is 0 Å². The van der Waals surface area contributed by atoms with Crippen molar-refractivity contribution in [1.29, 1.82) is 0 Å². The average Bonchev–Trinajstić information content (AvgIpc) is 2.03. The molecule has 1 aliphatic heterocycles. The number of piperidine rings is 1. The van der Waals surface area contributed by atoms with E-state index in [4.69, 9.17) is 4.74 Å². The Bertz CT molecular complexity index is 218. The normalized spacial score (nSPS) is 21.6. The van der Waals surface area contributed by atoms with Gasteiger partial charge in [0.1, 0.15) is 5.92 Å². The lowest BCUT2D eigenvalue weighted by atomic mass is 9.97. The van der Waals surface area contributed by atoms with E-state index in [1.807, 2.05) is 0 Å². The van der Waals surface area contributed by atoms with E-state index in [2.05, 4.69) is 5.32 Å². The molecule has 1 N–H and O–H groups in total. The topological polar surface area (TPSA) is 55.4 Å². The van der Waals surface area contributed by atoms with Gasteiger partial charge in [-0.25, -0.2) is 0 Å². The van der Waals surface area contributed by atoms with Gasteiger partial charge in [0.15, 0.2) is 5.78 Å². The molecule has 1 atom stereocenters. The summed E-state index contributed by atoms with van der Waals surface area (Å²) in [5.74, 6) is -0.970. The third-order valence-electron chi connectivity index (χ3n) is 1.93. The number of ether oxygens (including phenoxy) is 1. The van der Waals surface area contributed by atoms with Gasteiger partial charge in [0.05, 0.1) is 12.6 Å². The Morgan fingerprint density at radius 2 is 2.21 bits per heavy atom. The number of rotatable bonds is 2. The van der Waals surface area contributed by atoms with Crippen molar-refractivity contribution in [3.05, 3.63) is 0 Å². The fourth-order valence-corrected chi connectivity index (χ4v) is 1.31. The molecule has 0 aromatic rings. The fourth-order valence-electron chi connectivity index (χ4n) is 1.31. The van der Waals surface area contributed by atoms with Crippen LogP contribution < -0.4 is 5.32 Å². The van der Waals surface area contributed by atoms with Crippen molar-refractivity contribution in [3.8, 4) is 0 Å². The molecular weight excluding hydrogens is 206 g/mol. The molecule has 0 amide bonds. The van der Waals surface area contributed by atoms with Crippen LogP contribution in [0.3, 0.4) is 0 Å². The average molecular weight is 222 g/mol. The van der Waals surface area contributed by atoms with Gasteiger partial charge in [-0.3, -0.25) is 9.59 Å². The van der Waals surface area contributed by atoms with Crippen molar-refractivity contribution in [2.75, 3.05) is 13.1 Å². The number of halogens is 1. The summed E-state index contributed by atoms with van der Waals surface area (Å²) < 4.78 is 4.97. The van der Waals surface area contributed by atoms with Gasteiger partial charge in [-0.1, -0.05) is 0 Å². The number of nitrogens with one attached hydrogen (secondary N) is 1. The second-order valence-electron chi connectivity index (χ2n) is 3.47. The van der Waals surface area contributed by atoms with E-state index < -0.39 is 5.92 Å². The van der Waals surface area contributed by atoms with Crippen LogP contribution in [-0.4, -0.2) is 30.9 Å². The summed E-state index contributed by atoms with van der Waals surface area (Å²) in [5.41, 5.74) is 0. The molecular formula is C9H16ClNO3. The quantitative estimate of drug-likeness (QED) is 0.546. The first kappa shape index (κ1) is 13.4. The molecule has 0 radical (unpaired) electrons. The van der Waals surface area contributed by atoms with Crippen LogP contribution in [0.25, 0.3) is 0 Å². The van der Waals surface area contributed by atoms with Crippen molar-refractivity contribution in [2.45, 2.75) is 26.4 Å². The Hall–Kier alpha value is -0.610. The maximum absolute atomic E-state index is 11.3. The Kier molecular flexibility index (Phi) is 5.72. The predicted molar refractivity (Wildman–Crippen MR) is 54.5 cm³/mol. The molecule has 1 unspecified atom stereocenters. The molecule has 1 fully saturated rings. The Morgan fingerprint density at radius 3 is 2.71 bits per heavy atom. The van der Waals surface area contributed by atoms with Gasteiger partial charge < -0.3 is 10.1 Å². The monoisotopic (exact) mass is 221 g/mol. The summed E-state index contributed by atoms with van der Waals surface area (Å²) in [6, 6.07) is 0. The van der Waals surface area contributed by atoms with Crippen molar-refractivity contribution >= 4 is 24.2 Å². The number of Topliss-reactive ketones (excluding diaryl/α,β-unsaturated/α-hetero) is 1. The van der Waals surface area contributed by atoms with E-state index in [-0.39, 0.29) is 36.8 Å². The summed E-state index contributed by atoms with van der Waals surface area (Å²) in [6.07, 6.45) is 0.417. The molecule has 1 heterocycles. The zero-order valence-corrected chi connectivity index (χ0v) is 9.23. The maximum atomic E-state index is 11.3. The molecule has 0 bridgehead atoms. The lowest BCUT2D eigenvalue weighted by molar-refractivity contribution is -0.156.